The van der Waals surface area contributed by atoms with Crippen molar-refractivity contribution in [2.24, 2.45) is 0 Å². The Hall–Kier alpha value is -2.28. The third kappa shape index (κ3) is 2.53. The van der Waals surface area contributed by atoms with E-state index in [1.165, 1.54) is 30.1 Å². The van der Waals surface area contributed by atoms with Gasteiger partial charge in [-0.3, -0.25) is 9.59 Å². The fraction of sp³-hybridized carbons (Fsp3) is 0.385. The van der Waals surface area contributed by atoms with Gasteiger partial charge in [-0.2, -0.15) is 0 Å². The molecule has 1 aromatic carbocycles. The zero-order valence-electron chi connectivity index (χ0n) is 11.1. The number of amides is 2. The van der Waals surface area contributed by atoms with Crippen LogP contribution in [0.5, 0.6) is 11.5 Å². The number of carbonyl (C=O) groups excluding carboxylic acids is 2. The molecule has 0 aromatic heterocycles. The number of hydrogen-bond acceptors (Lipinski definition) is 5. The lowest BCUT2D eigenvalue weighted by molar-refractivity contribution is -0.125. The van der Waals surface area contributed by atoms with Gasteiger partial charge in [-0.05, 0) is 12.1 Å². The number of phenols is 2. The molecule has 7 nitrogen and oxygen atoms in total. The number of rotatable bonds is 2. The van der Waals surface area contributed by atoms with Crippen LogP contribution in [-0.4, -0.2) is 59.7 Å². The zero-order valence-corrected chi connectivity index (χ0v) is 11.1. The fourth-order valence-electron chi connectivity index (χ4n) is 2.21. The van der Waals surface area contributed by atoms with Gasteiger partial charge in [0.25, 0.3) is 5.91 Å². The molecule has 0 bridgehead atoms. The molecule has 1 fully saturated rings. The van der Waals surface area contributed by atoms with Crippen LogP contribution in [0.15, 0.2) is 18.2 Å². The topological polar surface area (TPSA) is 102 Å². The summed E-state index contributed by atoms with van der Waals surface area (Å²) in [5.41, 5.74) is -0.0131. The van der Waals surface area contributed by atoms with Gasteiger partial charge in [-0.15, -0.1) is 0 Å². The first-order valence-electron chi connectivity index (χ1n) is 6.30. The van der Waals surface area contributed by atoms with Crippen molar-refractivity contribution in [2.75, 3.05) is 26.7 Å². The second kappa shape index (κ2) is 5.79. The van der Waals surface area contributed by atoms with Gasteiger partial charge >= 0.3 is 0 Å². The van der Waals surface area contributed by atoms with Crippen LogP contribution in [0.1, 0.15) is 10.4 Å². The molecule has 0 spiro atoms. The van der Waals surface area contributed by atoms with Gasteiger partial charge in [0, 0.05) is 26.7 Å². The molecule has 1 aromatic rings. The maximum Gasteiger partial charge on any atom is 0.258 e. The van der Waals surface area contributed by atoms with Crippen molar-refractivity contribution in [3.63, 3.8) is 0 Å². The standard InChI is InChI=1S/C13H17N3O4/c1-14-12(19)9-7-15-5-6-16(9)13(20)8-3-2-4-10(17)11(8)18/h2-4,9,15,17-18H,5-7H2,1H3,(H,14,19). The van der Waals surface area contributed by atoms with Crippen molar-refractivity contribution < 1.29 is 19.8 Å². The molecule has 2 amide bonds. The number of nitrogens with one attached hydrogen (secondary N) is 2. The van der Waals surface area contributed by atoms with E-state index in [0.29, 0.717) is 19.6 Å². The Kier molecular flexibility index (Phi) is 4.09. The average molecular weight is 279 g/mol. The molecule has 1 saturated heterocycles. The minimum absolute atomic E-state index is 0.0131. The fourth-order valence-corrected chi connectivity index (χ4v) is 2.21. The molecule has 0 aliphatic carbocycles. The SMILES string of the molecule is CNC(=O)C1CNCCN1C(=O)c1cccc(O)c1O. The van der Waals surface area contributed by atoms with Gasteiger partial charge in [0.1, 0.15) is 6.04 Å². The van der Waals surface area contributed by atoms with Crippen molar-refractivity contribution in [1.82, 2.24) is 15.5 Å². The quantitative estimate of drug-likeness (QED) is 0.534. The molecular weight excluding hydrogens is 262 g/mol. The predicted molar refractivity (Wildman–Crippen MR) is 71.5 cm³/mol. The number of para-hydroxylation sites is 1. The highest BCUT2D eigenvalue weighted by Crippen LogP contribution is 2.29. The Morgan fingerprint density at radius 2 is 2.15 bits per heavy atom. The lowest BCUT2D eigenvalue weighted by Gasteiger charge is -2.35. The number of hydrogen-bond donors (Lipinski definition) is 4. The molecule has 20 heavy (non-hydrogen) atoms. The summed E-state index contributed by atoms with van der Waals surface area (Å²) in [6.45, 7) is 1.27. The molecule has 7 heteroatoms. The second-order valence-electron chi connectivity index (χ2n) is 4.51. The molecule has 1 aliphatic rings. The van der Waals surface area contributed by atoms with Crippen molar-refractivity contribution in [3.05, 3.63) is 23.8 Å². The van der Waals surface area contributed by atoms with Crippen LogP contribution >= 0.6 is 0 Å². The highest BCUT2D eigenvalue weighted by atomic mass is 16.3. The minimum atomic E-state index is -0.636. The number of carbonyl (C=O) groups is 2. The largest absolute Gasteiger partial charge is 0.504 e. The number of likely N-dealkylation sites (N-methyl/N-ethyl adjacent to an activating group) is 1. The molecule has 2 rings (SSSR count). The molecule has 1 heterocycles. The van der Waals surface area contributed by atoms with Crippen LogP contribution in [0.4, 0.5) is 0 Å². The van der Waals surface area contributed by atoms with Gasteiger partial charge in [0.05, 0.1) is 5.56 Å². The normalized spacial score (nSPS) is 18.6. The Morgan fingerprint density at radius 3 is 2.85 bits per heavy atom. The summed E-state index contributed by atoms with van der Waals surface area (Å²) in [6.07, 6.45) is 0. The van der Waals surface area contributed by atoms with Gasteiger partial charge in [-0.1, -0.05) is 6.07 Å². The number of nitrogens with zero attached hydrogens (tertiary/aromatic N) is 1. The van der Waals surface area contributed by atoms with E-state index in [1.54, 1.807) is 0 Å². The summed E-state index contributed by atoms with van der Waals surface area (Å²) in [5.74, 6) is -1.58. The maximum atomic E-state index is 12.5. The Balaban J connectivity index is 2.30. The number of phenolic OH excluding ortho intramolecular Hbond substituents is 2. The third-order valence-corrected chi connectivity index (χ3v) is 3.30. The summed E-state index contributed by atoms with van der Waals surface area (Å²) >= 11 is 0. The maximum absolute atomic E-state index is 12.5. The Bertz CT molecular complexity index is 532. The number of benzene rings is 1. The first kappa shape index (κ1) is 14.1. The van der Waals surface area contributed by atoms with Gasteiger partial charge in [0.2, 0.25) is 5.91 Å². The second-order valence-corrected chi connectivity index (χ2v) is 4.51. The minimum Gasteiger partial charge on any atom is -0.504 e. The number of aromatic hydroxyl groups is 2. The monoisotopic (exact) mass is 279 g/mol. The van der Waals surface area contributed by atoms with E-state index >= 15 is 0 Å². The average Bonchev–Trinajstić information content (AvgIpc) is 2.48. The van der Waals surface area contributed by atoms with Crippen LogP contribution in [0.25, 0.3) is 0 Å². The molecule has 108 valence electrons. The Morgan fingerprint density at radius 1 is 1.40 bits per heavy atom. The molecular formula is C13H17N3O4. The summed E-state index contributed by atoms with van der Waals surface area (Å²) in [6, 6.07) is 3.54. The van der Waals surface area contributed by atoms with Crippen LogP contribution in [0.2, 0.25) is 0 Å². The molecule has 1 aliphatic heterocycles. The summed E-state index contributed by atoms with van der Waals surface area (Å²) in [4.78, 5) is 25.7. The van der Waals surface area contributed by atoms with Crippen molar-refractivity contribution in [3.8, 4) is 11.5 Å². The van der Waals surface area contributed by atoms with E-state index in [2.05, 4.69) is 10.6 Å². The predicted octanol–water partition coefficient (Wildman–Crippen LogP) is -0.742. The third-order valence-electron chi connectivity index (χ3n) is 3.30. The van der Waals surface area contributed by atoms with E-state index in [0.717, 1.165) is 0 Å². The summed E-state index contributed by atoms with van der Waals surface area (Å²) in [7, 11) is 1.51. The van der Waals surface area contributed by atoms with Crippen LogP contribution in [0, 0.1) is 0 Å². The lowest BCUT2D eigenvalue weighted by Crippen LogP contribution is -2.59. The highest BCUT2D eigenvalue weighted by molar-refractivity contribution is 6.00. The van der Waals surface area contributed by atoms with Gasteiger partial charge < -0.3 is 25.7 Å². The van der Waals surface area contributed by atoms with Gasteiger partial charge in [-0.25, -0.2) is 0 Å². The molecule has 1 atom stereocenters. The number of piperazine rings is 1. The zero-order chi connectivity index (χ0) is 14.7. The summed E-state index contributed by atoms with van der Waals surface area (Å²) in [5, 5.41) is 24.8. The van der Waals surface area contributed by atoms with Crippen molar-refractivity contribution >= 4 is 11.8 Å². The van der Waals surface area contributed by atoms with Crippen molar-refractivity contribution in [1.29, 1.82) is 0 Å². The lowest BCUT2D eigenvalue weighted by atomic mass is 10.1. The first-order valence-corrected chi connectivity index (χ1v) is 6.30. The van der Waals surface area contributed by atoms with Crippen LogP contribution in [0.3, 0.4) is 0 Å². The molecule has 0 radical (unpaired) electrons. The van der Waals surface area contributed by atoms with E-state index in [-0.39, 0.29) is 17.2 Å². The Labute approximate surface area is 116 Å². The van der Waals surface area contributed by atoms with Crippen LogP contribution < -0.4 is 10.6 Å². The van der Waals surface area contributed by atoms with Crippen LogP contribution in [-0.2, 0) is 4.79 Å². The van der Waals surface area contributed by atoms with E-state index in [1.807, 2.05) is 0 Å². The van der Waals surface area contributed by atoms with E-state index in [9.17, 15) is 19.8 Å². The molecule has 0 saturated carbocycles. The molecule has 1 unspecified atom stereocenters. The first-order chi connectivity index (χ1) is 9.56. The molecule has 4 N–H and O–H groups in total. The van der Waals surface area contributed by atoms with Crippen molar-refractivity contribution in [2.45, 2.75) is 6.04 Å². The van der Waals surface area contributed by atoms with Gasteiger partial charge in [0.15, 0.2) is 11.5 Å². The summed E-state index contributed by atoms with van der Waals surface area (Å²) < 4.78 is 0. The smallest absolute Gasteiger partial charge is 0.258 e. The van der Waals surface area contributed by atoms with E-state index in [4.69, 9.17) is 0 Å². The highest BCUT2D eigenvalue weighted by Gasteiger charge is 2.33. The van der Waals surface area contributed by atoms with E-state index < -0.39 is 17.7 Å².